The average Bonchev–Trinajstić information content (AvgIpc) is 3.23. The Morgan fingerprint density at radius 1 is 1.24 bits per heavy atom. The van der Waals surface area contributed by atoms with Crippen molar-refractivity contribution >= 4 is 55.6 Å². The fourth-order valence-electron chi connectivity index (χ4n) is 4.06. The van der Waals surface area contributed by atoms with Gasteiger partial charge in [0.1, 0.15) is 0 Å². The van der Waals surface area contributed by atoms with E-state index in [-0.39, 0.29) is 39.0 Å². The van der Waals surface area contributed by atoms with Crippen LogP contribution >= 0.6 is 23.4 Å². The van der Waals surface area contributed by atoms with E-state index in [0.717, 1.165) is 41.9 Å². The molecule has 2 heterocycles. The second-order valence-corrected chi connectivity index (χ2v) is 11.5. The van der Waals surface area contributed by atoms with Gasteiger partial charge in [0.2, 0.25) is 5.91 Å². The van der Waals surface area contributed by atoms with Crippen molar-refractivity contribution in [2.45, 2.75) is 31.6 Å². The van der Waals surface area contributed by atoms with Crippen LogP contribution in [0, 0.1) is 0 Å². The molecule has 2 atom stereocenters. The SMILES string of the molecule is CCc1ccccc1NC(=O)CSC1=N[C@@H]2CS(=O)(=O)C[C@H]2N1c1cc(C(F)(F)F)ccc1Cl. The Morgan fingerprint density at radius 2 is 1.97 bits per heavy atom. The third-order valence-electron chi connectivity index (χ3n) is 5.65. The normalized spacial score (nSPS) is 21.3. The van der Waals surface area contributed by atoms with Gasteiger partial charge in [-0.25, -0.2) is 8.42 Å². The number of rotatable bonds is 5. The summed E-state index contributed by atoms with van der Waals surface area (Å²) in [6, 6.07) is 8.95. The van der Waals surface area contributed by atoms with Crippen molar-refractivity contribution in [2.75, 3.05) is 27.5 Å². The first-order chi connectivity index (χ1) is 16.0. The number of carbonyl (C=O) groups excluding carboxylic acids is 1. The Labute approximate surface area is 204 Å². The maximum atomic E-state index is 13.4. The standard InChI is InChI=1S/C22H21ClF3N3O3S2/c1-2-13-5-3-4-6-16(13)27-20(30)10-33-21-28-17-11-34(31,32)12-19(17)29(21)18-9-14(22(24,25)26)7-8-15(18)23/h3-9,17,19H,2,10-12H2,1H3,(H,27,30)/t17-,19-/m1/s1. The molecule has 1 amide bonds. The van der Waals surface area contributed by atoms with Gasteiger partial charge in [0, 0.05) is 5.69 Å². The molecule has 0 spiro atoms. The molecule has 4 rings (SSSR count). The number of carbonyl (C=O) groups is 1. The van der Waals surface area contributed by atoms with Crippen molar-refractivity contribution in [2.24, 2.45) is 4.99 Å². The largest absolute Gasteiger partial charge is 0.416 e. The summed E-state index contributed by atoms with van der Waals surface area (Å²) in [6.07, 6.45) is -3.87. The summed E-state index contributed by atoms with van der Waals surface area (Å²) < 4.78 is 64.4. The van der Waals surface area contributed by atoms with Gasteiger partial charge < -0.3 is 10.2 Å². The quantitative estimate of drug-likeness (QED) is 0.608. The van der Waals surface area contributed by atoms with Crippen molar-refractivity contribution in [3.63, 3.8) is 0 Å². The molecule has 0 bridgehead atoms. The lowest BCUT2D eigenvalue weighted by molar-refractivity contribution is -0.137. The van der Waals surface area contributed by atoms with Crippen LogP contribution in [-0.4, -0.2) is 48.8 Å². The molecule has 1 saturated heterocycles. The van der Waals surface area contributed by atoms with E-state index in [1.807, 2.05) is 25.1 Å². The number of alkyl halides is 3. The number of benzene rings is 2. The summed E-state index contributed by atoms with van der Waals surface area (Å²) >= 11 is 7.29. The second-order valence-electron chi connectivity index (χ2n) is 8.00. The van der Waals surface area contributed by atoms with Crippen LogP contribution in [0.15, 0.2) is 47.5 Å². The molecule has 2 aliphatic heterocycles. The topological polar surface area (TPSA) is 78.8 Å². The summed E-state index contributed by atoms with van der Waals surface area (Å²) in [5.41, 5.74) is 0.763. The summed E-state index contributed by atoms with van der Waals surface area (Å²) in [5, 5.41) is 3.14. The summed E-state index contributed by atoms with van der Waals surface area (Å²) in [4.78, 5) is 18.5. The number of anilines is 2. The van der Waals surface area contributed by atoms with E-state index < -0.39 is 33.7 Å². The van der Waals surface area contributed by atoms with Crippen molar-refractivity contribution in [3.8, 4) is 0 Å². The minimum Gasteiger partial charge on any atom is -0.325 e. The van der Waals surface area contributed by atoms with Crippen LogP contribution in [0.1, 0.15) is 18.1 Å². The highest BCUT2D eigenvalue weighted by Crippen LogP contribution is 2.41. The zero-order valence-corrected chi connectivity index (χ0v) is 20.4. The highest BCUT2D eigenvalue weighted by Gasteiger charge is 2.48. The Hall–Kier alpha value is -2.24. The molecular formula is C22H21ClF3N3O3S2. The number of hydrogen-bond donors (Lipinski definition) is 1. The lowest BCUT2D eigenvalue weighted by Gasteiger charge is -2.28. The molecule has 0 saturated carbocycles. The van der Waals surface area contributed by atoms with E-state index in [0.29, 0.717) is 5.69 Å². The minimum atomic E-state index is -4.60. The zero-order valence-electron chi connectivity index (χ0n) is 18.0. The van der Waals surface area contributed by atoms with Crippen LogP contribution in [0.25, 0.3) is 0 Å². The third-order valence-corrected chi connectivity index (χ3v) is 8.63. The van der Waals surface area contributed by atoms with Gasteiger partial charge in [-0.3, -0.25) is 9.79 Å². The smallest absolute Gasteiger partial charge is 0.325 e. The minimum absolute atomic E-state index is 0.0177. The number of aliphatic imine (C=N–C) groups is 1. The number of halogens is 4. The number of nitrogens with zero attached hydrogens (tertiary/aromatic N) is 2. The Balaban J connectivity index is 1.59. The first kappa shape index (κ1) is 24.9. The molecule has 0 aliphatic carbocycles. The lowest BCUT2D eigenvalue weighted by atomic mass is 10.1. The number of aryl methyl sites for hydroxylation is 1. The van der Waals surface area contributed by atoms with E-state index >= 15 is 0 Å². The summed E-state index contributed by atoms with van der Waals surface area (Å²) in [5.74, 6) is -0.831. The molecule has 1 fully saturated rings. The van der Waals surface area contributed by atoms with E-state index in [9.17, 15) is 26.4 Å². The van der Waals surface area contributed by atoms with Gasteiger partial charge in [-0.15, -0.1) is 0 Å². The molecule has 2 aliphatic rings. The fraction of sp³-hybridized carbons (Fsp3) is 0.364. The zero-order chi connectivity index (χ0) is 24.7. The lowest BCUT2D eigenvalue weighted by Crippen LogP contribution is -2.39. The molecule has 0 unspecified atom stereocenters. The van der Waals surface area contributed by atoms with Crippen LogP contribution in [0.5, 0.6) is 0 Å². The molecule has 34 heavy (non-hydrogen) atoms. The van der Waals surface area contributed by atoms with E-state index in [1.165, 1.54) is 4.90 Å². The fourth-order valence-corrected chi connectivity index (χ4v) is 7.02. The number of amidine groups is 1. The molecule has 2 aromatic rings. The van der Waals surface area contributed by atoms with Gasteiger partial charge >= 0.3 is 6.18 Å². The average molecular weight is 532 g/mol. The number of sulfone groups is 1. The predicted octanol–water partition coefficient (Wildman–Crippen LogP) is 4.63. The molecular weight excluding hydrogens is 511 g/mol. The van der Waals surface area contributed by atoms with Crippen LogP contribution < -0.4 is 10.2 Å². The van der Waals surface area contributed by atoms with Gasteiger partial charge in [0.15, 0.2) is 15.0 Å². The van der Waals surface area contributed by atoms with Crippen LogP contribution in [-0.2, 0) is 27.2 Å². The number of fused-ring (bicyclic) bond motifs is 1. The monoisotopic (exact) mass is 531 g/mol. The van der Waals surface area contributed by atoms with Crippen LogP contribution in [0.2, 0.25) is 5.02 Å². The van der Waals surface area contributed by atoms with Crippen molar-refractivity contribution in [3.05, 3.63) is 58.6 Å². The number of amides is 1. The first-order valence-electron chi connectivity index (χ1n) is 10.4. The second kappa shape index (κ2) is 9.43. The van der Waals surface area contributed by atoms with Gasteiger partial charge in [0.25, 0.3) is 0 Å². The van der Waals surface area contributed by atoms with Gasteiger partial charge in [-0.05, 0) is 36.2 Å². The van der Waals surface area contributed by atoms with Crippen molar-refractivity contribution in [1.29, 1.82) is 0 Å². The number of thioether (sulfide) groups is 1. The molecule has 0 radical (unpaired) electrons. The molecule has 1 N–H and O–H groups in total. The number of para-hydroxylation sites is 1. The Kier molecular flexibility index (Phi) is 6.90. The van der Waals surface area contributed by atoms with E-state index in [1.54, 1.807) is 6.07 Å². The maximum absolute atomic E-state index is 13.4. The third kappa shape index (κ3) is 5.21. The Morgan fingerprint density at radius 3 is 2.68 bits per heavy atom. The predicted molar refractivity (Wildman–Crippen MR) is 130 cm³/mol. The summed E-state index contributed by atoms with van der Waals surface area (Å²) in [7, 11) is -3.40. The van der Waals surface area contributed by atoms with Crippen molar-refractivity contribution in [1.82, 2.24) is 0 Å². The molecule has 6 nitrogen and oxygen atoms in total. The molecule has 12 heteroatoms. The van der Waals surface area contributed by atoms with E-state index in [2.05, 4.69) is 10.3 Å². The van der Waals surface area contributed by atoms with Gasteiger partial charge in [-0.1, -0.05) is 48.5 Å². The van der Waals surface area contributed by atoms with Crippen LogP contribution in [0.3, 0.4) is 0 Å². The molecule has 2 aromatic carbocycles. The molecule has 0 aromatic heterocycles. The highest BCUT2D eigenvalue weighted by molar-refractivity contribution is 8.14. The number of nitrogens with one attached hydrogen (secondary N) is 1. The number of hydrogen-bond acceptors (Lipinski definition) is 6. The van der Waals surface area contributed by atoms with Gasteiger partial charge in [-0.2, -0.15) is 13.2 Å². The maximum Gasteiger partial charge on any atom is 0.416 e. The molecule has 182 valence electrons. The summed E-state index contributed by atoms with van der Waals surface area (Å²) in [6.45, 7) is 1.97. The highest BCUT2D eigenvalue weighted by atomic mass is 35.5. The van der Waals surface area contributed by atoms with Crippen molar-refractivity contribution < 1.29 is 26.4 Å². The van der Waals surface area contributed by atoms with Crippen LogP contribution in [0.4, 0.5) is 24.5 Å². The first-order valence-corrected chi connectivity index (χ1v) is 13.6. The van der Waals surface area contributed by atoms with Gasteiger partial charge in [0.05, 0.1) is 45.6 Å². The Bertz CT molecular complexity index is 1250. The van der Waals surface area contributed by atoms with E-state index in [4.69, 9.17) is 11.6 Å².